The molecule has 0 bridgehead atoms. The molecule has 1 amide bonds. The third-order valence-electron chi connectivity index (χ3n) is 3.69. The molecule has 0 radical (unpaired) electrons. The number of hydrogen-bond donors (Lipinski definition) is 2. The van der Waals surface area contributed by atoms with Gasteiger partial charge in [0.2, 0.25) is 5.88 Å². The maximum atomic E-state index is 12.3. The number of hydrogen-bond acceptors (Lipinski definition) is 6. The summed E-state index contributed by atoms with van der Waals surface area (Å²) in [7, 11) is 1.84. The lowest BCUT2D eigenvalue weighted by Crippen LogP contribution is -3.08. The van der Waals surface area contributed by atoms with Crippen molar-refractivity contribution in [1.82, 2.24) is 0 Å². The van der Waals surface area contributed by atoms with Gasteiger partial charge in [0.25, 0.3) is 5.91 Å². The minimum atomic E-state index is -0.707. The Morgan fingerprint density at radius 2 is 2.00 bits per heavy atom. The lowest BCUT2D eigenvalue weighted by atomic mass is 10.1. The summed E-state index contributed by atoms with van der Waals surface area (Å²) in [6, 6.07) is 3.61. The highest BCUT2D eigenvalue weighted by Gasteiger charge is 2.29. The van der Waals surface area contributed by atoms with Crippen molar-refractivity contribution in [2.24, 2.45) is 0 Å². The van der Waals surface area contributed by atoms with Gasteiger partial charge < -0.3 is 18.5 Å². The van der Waals surface area contributed by atoms with Crippen molar-refractivity contribution >= 4 is 23.5 Å². The Labute approximate surface area is 151 Å². The van der Waals surface area contributed by atoms with E-state index in [9.17, 15) is 14.4 Å². The number of nitrogens with one attached hydrogen (secondary N) is 2. The van der Waals surface area contributed by atoms with Crippen molar-refractivity contribution in [3.63, 3.8) is 0 Å². The van der Waals surface area contributed by atoms with Crippen molar-refractivity contribution in [2.45, 2.75) is 27.3 Å². The Morgan fingerprint density at radius 3 is 2.58 bits per heavy atom. The minimum absolute atomic E-state index is 0.0473. The van der Waals surface area contributed by atoms with Crippen LogP contribution < -0.4 is 10.2 Å². The van der Waals surface area contributed by atoms with Gasteiger partial charge in [-0.25, -0.2) is 4.79 Å². The molecule has 2 aromatic heterocycles. The van der Waals surface area contributed by atoms with Crippen LogP contribution in [0.5, 0.6) is 0 Å². The van der Waals surface area contributed by atoms with E-state index in [1.165, 1.54) is 6.92 Å². The van der Waals surface area contributed by atoms with Gasteiger partial charge >= 0.3 is 5.97 Å². The number of quaternary nitrogens is 1. The largest absolute Gasteiger partial charge is 0.463 e. The highest BCUT2D eigenvalue weighted by atomic mass is 16.5. The van der Waals surface area contributed by atoms with E-state index >= 15 is 0 Å². The van der Waals surface area contributed by atoms with E-state index in [4.69, 9.17) is 13.6 Å². The van der Waals surface area contributed by atoms with E-state index in [-0.39, 0.29) is 47.6 Å². The van der Waals surface area contributed by atoms with Gasteiger partial charge in [-0.05, 0) is 32.9 Å². The molecule has 1 atom stereocenters. The second-order valence-electron chi connectivity index (χ2n) is 5.95. The van der Waals surface area contributed by atoms with Crippen molar-refractivity contribution in [2.75, 3.05) is 25.5 Å². The van der Waals surface area contributed by atoms with Crippen LogP contribution in [0.4, 0.5) is 5.88 Å². The number of carbonyl (C=O) groups is 3. The quantitative estimate of drug-likeness (QED) is 0.540. The normalized spacial score (nSPS) is 11.8. The molecule has 2 N–H and O–H groups in total. The zero-order valence-corrected chi connectivity index (χ0v) is 15.3. The number of furan rings is 2. The second kappa shape index (κ2) is 8.48. The lowest BCUT2D eigenvalue weighted by molar-refractivity contribution is -0.886. The zero-order valence-electron chi connectivity index (χ0n) is 15.3. The van der Waals surface area contributed by atoms with Gasteiger partial charge in [0, 0.05) is 0 Å². The first-order valence-electron chi connectivity index (χ1n) is 8.28. The lowest BCUT2D eigenvalue weighted by Gasteiger charge is -2.12. The molecule has 0 fully saturated rings. The third kappa shape index (κ3) is 4.60. The Bertz CT molecular complexity index is 791. The molecule has 0 aliphatic rings. The summed E-state index contributed by atoms with van der Waals surface area (Å²) in [5.41, 5.74) is 0.0731. The fourth-order valence-corrected chi connectivity index (χ4v) is 2.67. The van der Waals surface area contributed by atoms with E-state index in [2.05, 4.69) is 5.32 Å². The summed E-state index contributed by atoms with van der Waals surface area (Å²) in [6.45, 7) is 5.34. The summed E-state index contributed by atoms with van der Waals surface area (Å²) in [5.74, 6) is -0.454. The van der Waals surface area contributed by atoms with Crippen LogP contribution >= 0.6 is 0 Å². The van der Waals surface area contributed by atoms with Crippen LogP contribution in [0.15, 0.2) is 27.2 Å². The molecule has 0 aliphatic heterocycles. The smallest absolute Gasteiger partial charge is 0.344 e. The Kier molecular flexibility index (Phi) is 6.35. The molecule has 2 heterocycles. The van der Waals surface area contributed by atoms with E-state index in [0.29, 0.717) is 6.54 Å². The van der Waals surface area contributed by atoms with Crippen molar-refractivity contribution in [1.29, 1.82) is 0 Å². The highest BCUT2D eigenvalue weighted by Crippen LogP contribution is 2.28. The molecule has 2 rings (SSSR count). The van der Waals surface area contributed by atoms with Gasteiger partial charge in [0.1, 0.15) is 17.9 Å². The molecule has 0 saturated heterocycles. The summed E-state index contributed by atoms with van der Waals surface area (Å²) < 4.78 is 15.7. The van der Waals surface area contributed by atoms with E-state index in [1.807, 2.05) is 13.1 Å². The van der Waals surface area contributed by atoms with Crippen molar-refractivity contribution in [3.05, 3.63) is 41.0 Å². The SMILES string of the molecule is CCOC(=O)c1c(NC(=O)C[NH+](C)Cc2ccco2)oc(C)c1C(C)=O. The number of Topliss-reactive ketones (excluding diaryl/α,β-unsaturated/α-hetero) is 1. The first-order valence-corrected chi connectivity index (χ1v) is 8.28. The van der Waals surface area contributed by atoms with Crippen molar-refractivity contribution < 1.29 is 32.9 Å². The number of amides is 1. The molecule has 0 spiro atoms. The van der Waals surface area contributed by atoms with Crippen LogP contribution in [0.2, 0.25) is 0 Å². The van der Waals surface area contributed by atoms with Crippen LogP contribution in [0, 0.1) is 6.92 Å². The molecule has 0 saturated carbocycles. The predicted molar refractivity (Wildman–Crippen MR) is 92.2 cm³/mol. The zero-order chi connectivity index (χ0) is 19.3. The first kappa shape index (κ1) is 19.5. The predicted octanol–water partition coefficient (Wildman–Crippen LogP) is 1.21. The Balaban J connectivity index is 2.14. The maximum Gasteiger partial charge on any atom is 0.344 e. The number of carbonyl (C=O) groups excluding carboxylic acids is 3. The molecule has 0 aliphatic carbocycles. The van der Waals surface area contributed by atoms with Crippen LogP contribution in [0.1, 0.15) is 46.1 Å². The Hall–Kier alpha value is -2.87. The van der Waals surface area contributed by atoms with E-state index in [0.717, 1.165) is 10.7 Å². The molecule has 0 aromatic carbocycles. The number of likely N-dealkylation sites (N-methyl/N-ethyl adjacent to an activating group) is 1. The van der Waals surface area contributed by atoms with Crippen molar-refractivity contribution in [3.8, 4) is 0 Å². The standard InChI is InChI=1S/C18H22N2O6/c1-5-24-18(23)16-15(11(2)21)12(3)26-17(16)19-14(22)10-20(4)9-13-7-6-8-25-13/h6-8H,5,9-10H2,1-4H3,(H,19,22)/p+1. The number of esters is 1. The van der Waals surface area contributed by atoms with E-state index in [1.54, 1.807) is 26.2 Å². The Morgan fingerprint density at radius 1 is 1.27 bits per heavy atom. The number of rotatable bonds is 8. The fraction of sp³-hybridized carbons (Fsp3) is 0.389. The van der Waals surface area contributed by atoms with Gasteiger partial charge in [-0.2, -0.15) is 0 Å². The minimum Gasteiger partial charge on any atom is -0.463 e. The second-order valence-corrected chi connectivity index (χ2v) is 5.95. The molecule has 8 heteroatoms. The summed E-state index contributed by atoms with van der Waals surface area (Å²) in [6.07, 6.45) is 1.57. The number of anilines is 1. The summed E-state index contributed by atoms with van der Waals surface area (Å²) >= 11 is 0. The first-order chi connectivity index (χ1) is 12.3. The maximum absolute atomic E-state index is 12.3. The fourth-order valence-electron chi connectivity index (χ4n) is 2.67. The average Bonchev–Trinajstić information content (AvgIpc) is 3.14. The van der Waals surface area contributed by atoms with Crippen LogP contribution in [-0.4, -0.2) is 37.9 Å². The molecule has 26 heavy (non-hydrogen) atoms. The number of ether oxygens (including phenoxy) is 1. The summed E-state index contributed by atoms with van der Waals surface area (Å²) in [4.78, 5) is 37.3. The van der Waals surface area contributed by atoms with Gasteiger partial charge in [0.05, 0.1) is 25.5 Å². The molecule has 2 aromatic rings. The van der Waals surface area contributed by atoms with Gasteiger partial charge in [0.15, 0.2) is 18.1 Å². The number of ketones is 1. The van der Waals surface area contributed by atoms with Crippen LogP contribution in [0.25, 0.3) is 0 Å². The summed E-state index contributed by atoms with van der Waals surface area (Å²) in [5, 5.41) is 2.57. The van der Waals surface area contributed by atoms with Gasteiger partial charge in [-0.1, -0.05) is 0 Å². The molecule has 140 valence electrons. The average molecular weight is 363 g/mol. The van der Waals surface area contributed by atoms with Gasteiger partial charge in [-0.3, -0.25) is 14.9 Å². The molecule has 1 unspecified atom stereocenters. The molecular formula is C18H23N2O6+. The van der Waals surface area contributed by atoms with Crippen LogP contribution in [0.3, 0.4) is 0 Å². The third-order valence-corrected chi connectivity index (χ3v) is 3.69. The van der Waals surface area contributed by atoms with E-state index < -0.39 is 5.97 Å². The number of aryl methyl sites for hydroxylation is 1. The molecular weight excluding hydrogens is 340 g/mol. The van der Waals surface area contributed by atoms with Crippen LogP contribution in [-0.2, 0) is 16.1 Å². The van der Waals surface area contributed by atoms with Gasteiger partial charge in [-0.15, -0.1) is 0 Å². The topological polar surface area (TPSA) is 103 Å². The monoisotopic (exact) mass is 363 g/mol. The highest BCUT2D eigenvalue weighted by molar-refractivity contribution is 6.10. The molecule has 8 nitrogen and oxygen atoms in total.